The molecule has 0 aliphatic rings. The zero-order valence-electron chi connectivity index (χ0n) is 8.57. The van der Waals surface area contributed by atoms with E-state index in [-0.39, 0.29) is 17.8 Å². The Balaban J connectivity index is 2.44. The van der Waals surface area contributed by atoms with Crippen molar-refractivity contribution in [2.75, 3.05) is 5.75 Å². The minimum absolute atomic E-state index is 0.0646. The van der Waals surface area contributed by atoms with Crippen LogP contribution < -0.4 is 0 Å². The predicted molar refractivity (Wildman–Crippen MR) is 63.9 cm³/mol. The van der Waals surface area contributed by atoms with E-state index < -0.39 is 0 Å². The van der Waals surface area contributed by atoms with Crippen molar-refractivity contribution >= 4 is 33.7 Å². The first-order valence-electron chi connectivity index (χ1n) is 4.52. The number of ether oxygens (including phenoxy) is 1. The Morgan fingerprint density at radius 1 is 1.67 bits per heavy atom. The van der Waals surface area contributed by atoms with Crippen LogP contribution in [0.2, 0.25) is 0 Å². The summed E-state index contributed by atoms with van der Waals surface area (Å²) in [6.45, 7) is 3.67. The third-order valence-electron chi connectivity index (χ3n) is 1.42. The highest BCUT2D eigenvalue weighted by Crippen LogP contribution is 2.24. The average molecular weight is 290 g/mol. The van der Waals surface area contributed by atoms with Crippen LogP contribution in [0, 0.1) is 0 Å². The van der Waals surface area contributed by atoms with Crippen LogP contribution in [0.4, 0.5) is 0 Å². The number of esters is 1. The van der Waals surface area contributed by atoms with E-state index in [2.05, 4.69) is 20.9 Å². The third-order valence-corrected chi connectivity index (χ3v) is 3.30. The number of carbonyl (C=O) groups excluding carboxylic acids is 1. The molecule has 1 aromatic heterocycles. The fourth-order valence-corrected chi connectivity index (χ4v) is 2.16. The number of hydrogen-bond donors (Lipinski definition) is 0. The lowest BCUT2D eigenvalue weighted by atomic mass is 10.5. The standard InChI is InChI=1S/C10H12BrNO2S/c1-7(2)14-9(13)6-15-10-8(11)4-3-5-12-10/h3-5,7H,6H2,1-2H3. The lowest BCUT2D eigenvalue weighted by Crippen LogP contribution is -2.13. The van der Waals surface area contributed by atoms with Gasteiger partial charge in [0.05, 0.1) is 11.9 Å². The predicted octanol–water partition coefficient (Wildman–Crippen LogP) is 2.89. The molecule has 1 aromatic rings. The number of carbonyl (C=O) groups is 1. The molecule has 0 atom stereocenters. The van der Waals surface area contributed by atoms with Crippen LogP contribution in [0.5, 0.6) is 0 Å². The minimum atomic E-state index is -0.215. The van der Waals surface area contributed by atoms with Crippen molar-refractivity contribution in [2.24, 2.45) is 0 Å². The number of nitrogens with zero attached hydrogens (tertiary/aromatic N) is 1. The van der Waals surface area contributed by atoms with Gasteiger partial charge in [0.15, 0.2) is 0 Å². The molecule has 1 rings (SSSR count). The van der Waals surface area contributed by atoms with E-state index in [1.807, 2.05) is 26.0 Å². The largest absolute Gasteiger partial charge is 0.462 e. The van der Waals surface area contributed by atoms with Crippen molar-refractivity contribution in [1.82, 2.24) is 4.98 Å². The second kappa shape index (κ2) is 6.12. The van der Waals surface area contributed by atoms with Crippen molar-refractivity contribution in [3.63, 3.8) is 0 Å². The molecular weight excluding hydrogens is 278 g/mol. The summed E-state index contributed by atoms with van der Waals surface area (Å²) < 4.78 is 5.90. The number of halogens is 1. The Morgan fingerprint density at radius 3 is 3.00 bits per heavy atom. The van der Waals surface area contributed by atoms with Crippen LogP contribution >= 0.6 is 27.7 Å². The molecule has 0 aliphatic heterocycles. The van der Waals surface area contributed by atoms with E-state index in [1.165, 1.54) is 11.8 Å². The van der Waals surface area contributed by atoms with Gasteiger partial charge in [0.1, 0.15) is 5.03 Å². The number of pyridine rings is 1. The molecule has 0 aliphatic carbocycles. The van der Waals surface area contributed by atoms with Gasteiger partial charge in [-0.1, -0.05) is 11.8 Å². The summed E-state index contributed by atoms with van der Waals surface area (Å²) in [6, 6.07) is 3.73. The summed E-state index contributed by atoms with van der Waals surface area (Å²) in [7, 11) is 0. The van der Waals surface area contributed by atoms with Crippen LogP contribution in [-0.4, -0.2) is 22.8 Å². The van der Waals surface area contributed by atoms with E-state index in [9.17, 15) is 4.79 Å². The molecule has 0 spiro atoms. The molecule has 5 heteroatoms. The first-order valence-corrected chi connectivity index (χ1v) is 6.30. The molecule has 0 amide bonds. The van der Waals surface area contributed by atoms with Crippen LogP contribution in [0.3, 0.4) is 0 Å². The quantitative estimate of drug-likeness (QED) is 0.631. The molecule has 3 nitrogen and oxygen atoms in total. The highest BCUT2D eigenvalue weighted by Gasteiger charge is 2.08. The molecule has 0 N–H and O–H groups in total. The van der Waals surface area contributed by atoms with Gasteiger partial charge < -0.3 is 4.74 Å². The zero-order valence-corrected chi connectivity index (χ0v) is 11.0. The molecule has 82 valence electrons. The van der Waals surface area contributed by atoms with E-state index in [4.69, 9.17) is 4.74 Å². The van der Waals surface area contributed by atoms with Gasteiger partial charge in [-0.3, -0.25) is 4.79 Å². The summed E-state index contributed by atoms with van der Waals surface area (Å²) in [5.74, 6) is 0.0703. The maximum Gasteiger partial charge on any atom is 0.316 e. The minimum Gasteiger partial charge on any atom is -0.462 e. The van der Waals surface area contributed by atoms with Gasteiger partial charge in [0.2, 0.25) is 0 Å². The van der Waals surface area contributed by atoms with Crippen molar-refractivity contribution in [2.45, 2.75) is 25.0 Å². The second-order valence-electron chi connectivity index (χ2n) is 3.12. The number of aromatic nitrogens is 1. The summed E-state index contributed by atoms with van der Waals surface area (Å²) >= 11 is 4.73. The van der Waals surface area contributed by atoms with Crippen molar-refractivity contribution in [3.8, 4) is 0 Å². The van der Waals surface area contributed by atoms with Gasteiger partial charge in [-0.15, -0.1) is 0 Å². The van der Waals surface area contributed by atoms with E-state index in [0.29, 0.717) is 0 Å². The highest BCUT2D eigenvalue weighted by molar-refractivity contribution is 9.10. The summed E-state index contributed by atoms with van der Waals surface area (Å²) in [4.78, 5) is 15.4. The van der Waals surface area contributed by atoms with E-state index in [1.54, 1.807) is 6.20 Å². The Bertz CT molecular complexity index is 344. The molecule has 1 heterocycles. The van der Waals surface area contributed by atoms with Gasteiger partial charge in [-0.2, -0.15) is 0 Å². The number of rotatable bonds is 4. The molecule has 0 saturated carbocycles. The molecule has 0 unspecified atom stereocenters. The number of hydrogen-bond acceptors (Lipinski definition) is 4. The highest BCUT2D eigenvalue weighted by atomic mass is 79.9. The molecular formula is C10H12BrNO2S. The first kappa shape index (κ1) is 12.5. The molecule has 0 saturated heterocycles. The Kier molecular flexibility index (Phi) is 5.11. The second-order valence-corrected chi connectivity index (χ2v) is 4.94. The Labute approximate surface area is 102 Å². The summed E-state index contributed by atoms with van der Waals surface area (Å²) in [5, 5.41) is 0.804. The summed E-state index contributed by atoms with van der Waals surface area (Å²) in [5.41, 5.74) is 0. The maximum atomic E-state index is 11.3. The third kappa shape index (κ3) is 4.66. The van der Waals surface area contributed by atoms with Crippen LogP contribution in [0.15, 0.2) is 27.8 Å². The molecule has 0 radical (unpaired) electrons. The Hall–Kier alpha value is -0.550. The SMILES string of the molecule is CC(C)OC(=O)CSc1ncccc1Br. The molecule has 0 bridgehead atoms. The van der Waals surface area contributed by atoms with Crippen LogP contribution in [-0.2, 0) is 9.53 Å². The summed E-state index contributed by atoms with van der Waals surface area (Å²) in [6.07, 6.45) is 1.63. The molecule has 0 aromatic carbocycles. The number of thioether (sulfide) groups is 1. The smallest absolute Gasteiger partial charge is 0.316 e. The van der Waals surface area contributed by atoms with Crippen molar-refractivity contribution in [1.29, 1.82) is 0 Å². The van der Waals surface area contributed by atoms with Gasteiger partial charge in [0, 0.05) is 10.7 Å². The van der Waals surface area contributed by atoms with Gasteiger partial charge in [-0.05, 0) is 41.9 Å². The maximum absolute atomic E-state index is 11.3. The molecule has 15 heavy (non-hydrogen) atoms. The average Bonchev–Trinajstić information content (AvgIpc) is 2.15. The van der Waals surface area contributed by atoms with Crippen molar-refractivity contribution in [3.05, 3.63) is 22.8 Å². The topological polar surface area (TPSA) is 39.2 Å². The monoisotopic (exact) mass is 289 g/mol. The lowest BCUT2D eigenvalue weighted by molar-refractivity contribution is -0.144. The Morgan fingerprint density at radius 2 is 2.40 bits per heavy atom. The first-order chi connectivity index (χ1) is 7.09. The lowest BCUT2D eigenvalue weighted by Gasteiger charge is -2.07. The normalized spacial score (nSPS) is 10.4. The molecule has 0 fully saturated rings. The van der Waals surface area contributed by atoms with E-state index in [0.717, 1.165) is 9.50 Å². The van der Waals surface area contributed by atoms with Crippen LogP contribution in [0.1, 0.15) is 13.8 Å². The fourth-order valence-electron chi connectivity index (χ4n) is 0.902. The zero-order chi connectivity index (χ0) is 11.3. The fraction of sp³-hybridized carbons (Fsp3) is 0.400. The van der Waals surface area contributed by atoms with Crippen LogP contribution in [0.25, 0.3) is 0 Å². The van der Waals surface area contributed by atoms with Gasteiger partial charge in [-0.25, -0.2) is 4.98 Å². The van der Waals surface area contributed by atoms with E-state index >= 15 is 0 Å². The van der Waals surface area contributed by atoms with Gasteiger partial charge >= 0.3 is 5.97 Å². The van der Waals surface area contributed by atoms with Gasteiger partial charge in [0.25, 0.3) is 0 Å². The van der Waals surface area contributed by atoms with Crippen molar-refractivity contribution < 1.29 is 9.53 Å².